The Labute approximate surface area is 146 Å². The minimum absolute atomic E-state index is 0.165. The number of amides is 1. The van der Waals surface area contributed by atoms with E-state index in [1.54, 1.807) is 0 Å². The summed E-state index contributed by atoms with van der Waals surface area (Å²) in [5.74, 6) is 1.50. The minimum atomic E-state index is 0.165. The maximum Gasteiger partial charge on any atom is 0.276 e. The zero-order valence-electron chi connectivity index (χ0n) is 13.7. The van der Waals surface area contributed by atoms with Gasteiger partial charge < -0.3 is 9.73 Å². The van der Waals surface area contributed by atoms with Gasteiger partial charge in [-0.1, -0.05) is 49.2 Å². The first-order valence-electron chi connectivity index (χ1n) is 8.62. The Morgan fingerprint density at radius 1 is 1.17 bits per heavy atom. The van der Waals surface area contributed by atoms with Crippen molar-refractivity contribution in [2.24, 2.45) is 0 Å². The second kappa shape index (κ2) is 8.87. The van der Waals surface area contributed by atoms with E-state index in [1.807, 2.05) is 30.3 Å². The van der Waals surface area contributed by atoms with Gasteiger partial charge in [0, 0.05) is 23.8 Å². The van der Waals surface area contributed by atoms with Crippen LogP contribution in [0.2, 0.25) is 0 Å². The second-order valence-corrected chi connectivity index (χ2v) is 7.14. The van der Waals surface area contributed by atoms with Crippen molar-refractivity contribution in [1.82, 2.24) is 15.5 Å². The van der Waals surface area contributed by atoms with Gasteiger partial charge in [0.25, 0.3) is 5.22 Å². The third kappa shape index (κ3) is 5.09. The van der Waals surface area contributed by atoms with Gasteiger partial charge in [-0.15, -0.1) is 10.2 Å². The molecule has 1 aliphatic carbocycles. The van der Waals surface area contributed by atoms with Crippen molar-refractivity contribution < 1.29 is 9.21 Å². The maximum atomic E-state index is 11.9. The third-order valence-corrected chi connectivity index (χ3v) is 5.08. The van der Waals surface area contributed by atoms with Crippen molar-refractivity contribution in [3.63, 3.8) is 0 Å². The molecule has 128 valence electrons. The molecular weight excluding hydrogens is 322 g/mol. The van der Waals surface area contributed by atoms with Crippen molar-refractivity contribution in [2.75, 3.05) is 5.75 Å². The molecule has 0 unspecified atom stereocenters. The number of carbonyl (C=O) groups is 1. The van der Waals surface area contributed by atoms with E-state index < -0.39 is 0 Å². The van der Waals surface area contributed by atoms with E-state index in [2.05, 4.69) is 15.5 Å². The summed E-state index contributed by atoms with van der Waals surface area (Å²) >= 11 is 1.50. The van der Waals surface area contributed by atoms with Gasteiger partial charge in [0.1, 0.15) is 0 Å². The Bertz CT molecular complexity index is 639. The average molecular weight is 345 g/mol. The van der Waals surface area contributed by atoms with Crippen LogP contribution >= 0.6 is 11.8 Å². The molecule has 5 nitrogen and oxygen atoms in total. The first kappa shape index (κ1) is 17.0. The zero-order chi connectivity index (χ0) is 16.6. The lowest BCUT2D eigenvalue weighted by atomic mass is 9.95. The molecule has 0 aliphatic heterocycles. The van der Waals surface area contributed by atoms with Crippen LogP contribution in [0.4, 0.5) is 0 Å². The van der Waals surface area contributed by atoms with Gasteiger partial charge in [-0.3, -0.25) is 4.79 Å². The lowest BCUT2D eigenvalue weighted by Gasteiger charge is -2.22. The van der Waals surface area contributed by atoms with Crippen LogP contribution in [-0.4, -0.2) is 27.9 Å². The van der Waals surface area contributed by atoms with E-state index in [9.17, 15) is 4.79 Å². The third-order valence-electron chi connectivity index (χ3n) is 4.17. The number of rotatable bonds is 7. The summed E-state index contributed by atoms with van der Waals surface area (Å²) in [7, 11) is 0. The summed E-state index contributed by atoms with van der Waals surface area (Å²) in [5, 5.41) is 11.8. The van der Waals surface area contributed by atoms with E-state index in [1.165, 1.54) is 31.0 Å². The molecule has 1 N–H and O–H groups in total. The highest BCUT2D eigenvalue weighted by Crippen LogP contribution is 2.23. The molecule has 2 aromatic rings. The zero-order valence-corrected chi connectivity index (χ0v) is 14.6. The Hall–Kier alpha value is -1.82. The van der Waals surface area contributed by atoms with Crippen LogP contribution < -0.4 is 5.32 Å². The van der Waals surface area contributed by atoms with E-state index in [4.69, 9.17) is 4.42 Å². The number of nitrogens with one attached hydrogen (secondary N) is 1. The Kier molecular flexibility index (Phi) is 6.29. The normalized spacial score (nSPS) is 15.3. The molecule has 24 heavy (non-hydrogen) atoms. The molecule has 0 saturated heterocycles. The largest absolute Gasteiger partial charge is 0.411 e. The van der Waals surface area contributed by atoms with Crippen LogP contribution in [0.3, 0.4) is 0 Å². The minimum Gasteiger partial charge on any atom is -0.411 e. The van der Waals surface area contributed by atoms with Gasteiger partial charge in [0.05, 0.1) is 0 Å². The lowest BCUT2D eigenvalue weighted by molar-refractivity contribution is -0.122. The number of hydrogen-bond acceptors (Lipinski definition) is 5. The molecule has 1 aromatic carbocycles. The molecule has 6 heteroatoms. The number of benzene rings is 1. The maximum absolute atomic E-state index is 11.9. The molecule has 0 bridgehead atoms. The van der Waals surface area contributed by atoms with Crippen molar-refractivity contribution in [2.45, 2.75) is 56.2 Å². The number of thioether (sulfide) groups is 1. The molecule has 1 saturated carbocycles. The summed E-state index contributed by atoms with van der Waals surface area (Å²) in [6, 6.07) is 10.1. The van der Waals surface area contributed by atoms with E-state index in [-0.39, 0.29) is 5.91 Å². The second-order valence-electron chi connectivity index (χ2n) is 6.09. The van der Waals surface area contributed by atoms with Crippen LogP contribution in [-0.2, 0) is 4.79 Å². The van der Waals surface area contributed by atoms with Crippen molar-refractivity contribution in [3.05, 3.63) is 30.3 Å². The monoisotopic (exact) mass is 345 g/mol. The van der Waals surface area contributed by atoms with Crippen LogP contribution in [0.5, 0.6) is 0 Å². The molecule has 0 atom stereocenters. The number of nitrogens with zero attached hydrogens (tertiary/aromatic N) is 2. The van der Waals surface area contributed by atoms with Crippen LogP contribution in [0.15, 0.2) is 40.0 Å². The number of hydrogen-bond donors (Lipinski definition) is 1. The van der Waals surface area contributed by atoms with Crippen molar-refractivity contribution in [3.8, 4) is 11.5 Å². The number of aromatic nitrogens is 2. The molecule has 1 heterocycles. The summed E-state index contributed by atoms with van der Waals surface area (Å²) < 4.78 is 5.64. The fourth-order valence-electron chi connectivity index (χ4n) is 2.90. The fourth-order valence-corrected chi connectivity index (χ4v) is 3.60. The first-order chi connectivity index (χ1) is 11.8. The summed E-state index contributed by atoms with van der Waals surface area (Å²) in [4.78, 5) is 11.9. The predicted octanol–water partition coefficient (Wildman–Crippen LogP) is 4.06. The lowest BCUT2D eigenvalue weighted by Crippen LogP contribution is -2.36. The van der Waals surface area contributed by atoms with E-state index >= 15 is 0 Å². The van der Waals surface area contributed by atoms with Gasteiger partial charge >= 0.3 is 0 Å². The van der Waals surface area contributed by atoms with E-state index in [0.717, 1.165) is 30.6 Å². The van der Waals surface area contributed by atoms with Crippen LogP contribution in [0.25, 0.3) is 11.5 Å². The summed E-state index contributed by atoms with van der Waals surface area (Å²) in [6.07, 6.45) is 7.41. The molecule has 1 aliphatic rings. The highest BCUT2D eigenvalue weighted by molar-refractivity contribution is 7.99. The fraction of sp³-hybridized carbons (Fsp3) is 0.500. The summed E-state index contributed by atoms with van der Waals surface area (Å²) in [6.45, 7) is 0. The summed E-state index contributed by atoms with van der Waals surface area (Å²) in [5.41, 5.74) is 0.920. The van der Waals surface area contributed by atoms with E-state index in [0.29, 0.717) is 23.6 Å². The first-order valence-corrected chi connectivity index (χ1v) is 9.61. The Balaban J connectivity index is 1.36. The molecular formula is C18H23N3O2S. The smallest absolute Gasteiger partial charge is 0.276 e. The number of carbonyl (C=O) groups excluding carboxylic acids is 1. The van der Waals surface area contributed by atoms with Gasteiger partial charge in [0.15, 0.2) is 0 Å². The Morgan fingerprint density at radius 2 is 1.96 bits per heavy atom. The van der Waals surface area contributed by atoms with Crippen molar-refractivity contribution in [1.29, 1.82) is 0 Å². The molecule has 3 rings (SSSR count). The van der Waals surface area contributed by atoms with Gasteiger partial charge in [-0.2, -0.15) is 0 Å². The standard InChI is InChI=1S/C18H23N3O2S/c22-16(19-15-10-5-2-6-11-15)12-7-13-24-18-21-20-17(23-18)14-8-3-1-4-9-14/h1,3-4,8-9,15H,2,5-7,10-13H2,(H,19,22). The van der Waals surface area contributed by atoms with Gasteiger partial charge in [-0.25, -0.2) is 0 Å². The topological polar surface area (TPSA) is 68.0 Å². The van der Waals surface area contributed by atoms with Crippen molar-refractivity contribution >= 4 is 17.7 Å². The SMILES string of the molecule is O=C(CCCSc1nnc(-c2ccccc2)o1)NC1CCCCC1. The molecule has 1 aromatic heterocycles. The van der Waals surface area contributed by atoms with Gasteiger partial charge in [-0.05, 0) is 31.4 Å². The highest BCUT2D eigenvalue weighted by Gasteiger charge is 2.15. The Morgan fingerprint density at radius 3 is 2.75 bits per heavy atom. The molecule has 1 amide bonds. The molecule has 0 spiro atoms. The molecule has 1 fully saturated rings. The van der Waals surface area contributed by atoms with Gasteiger partial charge in [0.2, 0.25) is 11.8 Å². The van der Waals surface area contributed by atoms with Crippen LogP contribution in [0, 0.1) is 0 Å². The predicted molar refractivity (Wildman–Crippen MR) is 94.7 cm³/mol. The van der Waals surface area contributed by atoms with Crippen LogP contribution in [0.1, 0.15) is 44.9 Å². The molecule has 0 radical (unpaired) electrons. The average Bonchev–Trinajstić information content (AvgIpc) is 3.09. The highest BCUT2D eigenvalue weighted by atomic mass is 32.2. The quantitative estimate of drug-likeness (QED) is 0.605.